The Morgan fingerprint density at radius 1 is 1.03 bits per heavy atom. The summed E-state index contributed by atoms with van der Waals surface area (Å²) >= 11 is 1.27. The monoisotopic (exact) mass is 406 g/mol. The number of nitrogens with one attached hydrogen (secondary N) is 1. The first-order valence-electron chi connectivity index (χ1n) is 8.87. The van der Waals surface area contributed by atoms with Crippen molar-refractivity contribution in [2.75, 3.05) is 18.5 Å². The Hall–Kier alpha value is -3.65. The third-order valence-electron chi connectivity index (χ3n) is 4.45. The highest BCUT2D eigenvalue weighted by Crippen LogP contribution is 2.35. The number of fused-ring (bicyclic) bond motifs is 2. The van der Waals surface area contributed by atoms with Crippen molar-refractivity contribution in [1.82, 2.24) is 4.98 Å². The molecular weight excluding hydrogens is 392 g/mol. The number of para-hydroxylation sites is 1. The average Bonchev–Trinajstić information content (AvgIpc) is 3.21. The first kappa shape index (κ1) is 17.4. The zero-order chi connectivity index (χ0) is 19.8. The number of benzene rings is 2. The van der Waals surface area contributed by atoms with Gasteiger partial charge in [0, 0.05) is 16.3 Å². The zero-order valence-electron chi connectivity index (χ0n) is 15.0. The second-order valence-electron chi connectivity index (χ2n) is 6.34. The van der Waals surface area contributed by atoms with E-state index in [2.05, 4.69) is 10.3 Å². The van der Waals surface area contributed by atoms with Gasteiger partial charge in [0.15, 0.2) is 16.6 Å². The van der Waals surface area contributed by atoms with Crippen molar-refractivity contribution in [2.24, 2.45) is 0 Å². The minimum absolute atomic E-state index is 0.0696. The molecular formula is C21H14N2O5S. The van der Waals surface area contributed by atoms with Crippen LogP contribution in [-0.4, -0.2) is 24.1 Å². The quantitative estimate of drug-likeness (QED) is 0.518. The van der Waals surface area contributed by atoms with E-state index in [1.165, 1.54) is 17.4 Å². The summed E-state index contributed by atoms with van der Waals surface area (Å²) < 4.78 is 16.3. The van der Waals surface area contributed by atoms with Crippen molar-refractivity contribution in [3.63, 3.8) is 0 Å². The molecule has 144 valence electrons. The maximum absolute atomic E-state index is 12.6. The van der Waals surface area contributed by atoms with Gasteiger partial charge in [-0.2, -0.15) is 0 Å². The molecule has 0 radical (unpaired) electrons. The molecule has 3 heterocycles. The highest BCUT2D eigenvalue weighted by molar-refractivity contribution is 7.14. The number of rotatable bonds is 3. The minimum Gasteiger partial charge on any atom is -0.486 e. The van der Waals surface area contributed by atoms with E-state index in [9.17, 15) is 9.59 Å². The van der Waals surface area contributed by atoms with Crippen molar-refractivity contribution < 1.29 is 18.7 Å². The average molecular weight is 406 g/mol. The summed E-state index contributed by atoms with van der Waals surface area (Å²) in [5, 5.41) is 5.55. The smallest absolute Gasteiger partial charge is 0.349 e. The first-order chi connectivity index (χ1) is 14.2. The Bertz CT molecular complexity index is 1290. The molecule has 2 aromatic carbocycles. The molecule has 4 aromatic rings. The number of hydrogen-bond donors (Lipinski definition) is 1. The highest BCUT2D eigenvalue weighted by atomic mass is 32.1. The fourth-order valence-electron chi connectivity index (χ4n) is 3.05. The molecule has 1 amide bonds. The van der Waals surface area contributed by atoms with Gasteiger partial charge >= 0.3 is 5.63 Å². The molecule has 1 aliphatic heterocycles. The molecule has 0 saturated heterocycles. The third-order valence-corrected chi connectivity index (χ3v) is 5.21. The van der Waals surface area contributed by atoms with Gasteiger partial charge in [0.25, 0.3) is 5.91 Å². The van der Waals surface area contributed by atoms with Crippen LogP contribution in [0.3, 0.4) is 0 Å². The number of anilines is 1. The molecule has 0 aliphatic carbocycles. The predicted octanol–water partition coefficient (Wildman–Crippen LogP) is 3.94. The Balaban J connectivity index is 1.39. The van der Waals surface area contributed by atoms with Crippen LogP contribution < -0.4 is 20.4 Å². The standard InChI is InChI=1S/C21H14N2O5S/c24-19(14-9-13-3-1-2-4-16(13)28-20(14)25)23-21-22-15(11-29-21)12-5-6-17-18(10-12)27-8-7-26-17/h1-6,9-11H,7-8H2,(H,22,23,24). The summed E-state index contributed by atoms with van der Waals surface area (Å²) in [6.45, 7) is 1.03. The van der Waals surface area contributed by atoms with Crippen LogP contribution in [0.5, 0.6) is 11.5 Å². The van der Waals surface area contributed by atoms with Gasteiger partial charge in [-0.25, -0.2) is 9.78 Å². The van der Waals surface area contributed by atoms with Gasteiger partial charge in [0.2, 0.25) is 0 Å². The molecule has 0 bridgehead atoms. The second kappa shape index (κ2) is 7.06. The lowest BCUT2D eigenvalue weighted by Crippen LogP contribution is -2.20. The zero-order valence-corrected chi connectivity index (χ0v) is 15.8. The van der Waals surface area contributed by atoms with Crippen LogP contribution in [0.15, 0.2) is 63.1 Å². The number of aromatic nitrogens is 1. The fourth-order valence-corrected chi connectivity index (χ4v) is 3.77. The fraction of sp³-hybridized carbons (Fsp3) is 0.0952. The normalized spacial score (nSPS) is 12.7. The number of carbonyl (C=O) groups excluding carboxylic acids is 1. The summed E-state index contributed by atoms with van der Waals surface area (Å²) in [7, 11) is 0. The topological polar surface area (TPSA) is 90.7 Å². The molecule has 7 nitrogen and oxygen atoms in total. The second-order valence-corrected chi connectivity index (χ2v) is 7.19. The minimum atomic E-state index is -0.690. The molecule has 0 spiro atoms. The summed E-state index contributed by atoms with van der Waals surface area (Å²) in [5.74, 6) is 0.806. The Kier molecular flexibility index (Phi) is 4.25. The lowest BCUT2D eigenvalue weighted by Gasteiger charge is -2.18. The molecule has 1 N–H and O–H groups in total. The highest BCUT2D eigenvalue weighted by Gasteiger charge is 2.17. The predicted molar refractivity (Wildman–Crippen MR) is 109 cm³/mol. The molecule has 0 atom stereocenters. The van der Waals surface area contributed by atoms with Crippen molar-refractivity contribution in [3.8, 4) is 22.8 Å². The van der Waals surface area contributed by atoms with E-state index in [1.54, 1.807) is 18.2 Å². The largest absolute Gasteiger partial charge is 0.486 e. The SMILES string of the molecule is O=C(Nc1nc(-c2ccc3c(c2)OCCO3)cs1)c1cc2ccccc2oc1=O. The third kappa shape index (κ3) is 3.34. The molecule has 5 rings (SSSR count). The van der Waals surface area contributed by atoms with Crippen LogP contribution >= 0.6 is 11.3 Å². The van der Waals surface area contributed by atoms with Gasteiger partial charge < -0.3 is 13.9 Å². The number of nitrogens with zero attached hydrogens (tertiary/aromatic N) is 1. The Morgan fingerprint density at radius 2 is 1.86 bits per heavy atom. The van der Waals surface area contributed by atoms with Gasteiger partial charge in [0.05, 0.1) is 5.69 Å². The van der Waals surface area contributed by atoms with Gasteiger partial charge in [-0.15, -0.1) is 11.3 Å². The van der Waals surface area contributed by atoms with E-state index in [0.29, 0.717) is 46.5 Å². The summed E-state index contributed by atoms with van der Waals surface area (Å²) in [5.41, 5.74) is 1.21. The van der Waals surface area contributed by atoms with Crippen molar-refractivity contribution in [2.45, 2.75) is 0 Å². The summed E-state index contributed by atoms with van der Waals surface area (Å²) in [4.78, 5) is 29.2. The maximum Gasteiger partial charge on any atom is 0.349 e. The summed E-state index contributed by atoms with van der Waals surface area (Å²) in [6.07, 6.45) is 0. The molecule has 1 aliphatic rings. The number of thiazole rings is 1. The van der Waals surface area contributed by atoms with Crippen LogP contribution in [0.2, 0.25) is 0 Å². The van der Waals surface area contributed by atoms with Crippen molar-refractivity contribution >= 4 is 33.3 Å². The molecule has 0 saturated carbocycles. The molecule has 0 fully saturated rings. The van der Waals surface area contributed by atoms with E-state index in [1.807, 2.05) is 29.6 Å². The Labute approximate surface area is 168 Å². The first-order valence-corrected chi connectivity index (χ1v) is 9.75. The number of amides is 1. The lowest BCUT2D eigenvalue weighted by atomic mass is 10.1. The van der Waals surface area contributed by atoms with Crippen LogP contribution in [0.25, 0.3) is 22.2 Å². The molecule has 2 aromatic heterocycles. The van der Waals surface area contributed by atoms with Crippen LogP contribution in [0.4, 0.5) is 5.13 Å². The van der Waals surface area contributed by atoms with E-state index in [4.69, 9.17) is 13.9 Å². The van der Waals surface area contributed by atoms with Gasteiger partial charge in [-0.1, -0.05) is 18.2 Å². The molecule has 8 heteroatoms. The molecule has 0 unspecified atom stereocenters. The van der Waals surface area contributed by atoms with Gasteiger partial charge in [0.1, 0.15) is 24.4 Å². The van der Waals surface area contributed by atoms with Crippen molar-refractivity contribution in [3.05, 3.63) is 69.9 Å². The van der Waals surface area contributed by atoms with E-state index < -0.39 is 11.5 Å². The molecule has 29 heavy (non-hydrogen) atoms. The lowest BCUT2D eigenvalue weighted by molar-refractivity contribution is 0.102. The van der Waals surface area contributed by atoms with Crippen molar-refractivity contribution in [1.29, 1.82) is 0 Å². The number of carbonyl (C=O) groups is 1. The van der Waals surface area contributed by atoms with E-state index in [-0.39, 0.29) is 5.56 Å². The van der Waals surface area contributed by atoms with E-state index >= 15 is 0 Å². The van der Waals surface area contributed by atoms with E-state index in [0.717, 1.165) is 5.56 Å². The van der Waals surface area contributed by atoms with Crippen LogP contribution in [-0.2, 0) is 0 Å². The van der Waals surface area contributed by atoms with Crippen LogP contribution in [0, 0.1) is 0 Å². The van der Waals surface area contributed by atoms with Gasteiger partial charge in [-0.05, 0) is 30.3 Å². The Morgan fingerprint density at radius 3 is 2.76 bits per heavy atom. The van der Waals surface area contributed by atoms with Gasteiger partial charge in [-0.3, -0.25) is 10.1 Å². The number of hydrogen-bond acceptors (Lipinski definition) is 7. The maximum atomic E-state index is 12.6. The summed E-state index contributed by atoms with van der Waals surface area (Å²) in [6, 6.07) is 14.1. The number of ether oxygens (including phenoxy) is 2. The van der Waals surface area contributed by atoms with Crippen LogP contribution in [0.1, 0.15) is 10.4 Å².